The molecule has 2 aliphatic rings. The molecular weight excluding hydrogens is 446 g/mol. The zero-order valence-corrected chi connectivity index (χ0v) is 20.6. The zero-order valence-electron chi connectivity index (χ0n) is 20.6. The number of benzene rings is 1. The van der Waals surface area contributed by atoms with E-state index in [-0.39, 0.29) is 6.10 Å². The number of fused-ring (bicyclic) bond motifs is 1. The highest BCUT2D eigenvalue weighted by Gasteiger charge is 2.25. The Hall–Kier alpha value is -3.40. The molecule has 0 atom stereocenters. The molecule has 1 saturated heterocycles. The Kier molecular flexibility index (Phi) is 6.98. The van der Waals surface area contributed by atoms with Crippen LogP contribution in [0.15, 0.2) is 30.7 Å². The van der Waals surface area contributed by atoms with Gasteiger partial charge in [0.15, 0.2) is 11.6 Å². The minimum absolute atomic E-state index is 0.128. The molecular formula is C25H33N7O3. The van der Waals surface area contributed by atoms with E-state index < -0.39 is 0 Å². The fourth-order valence-electron chi connectivity index (χ4n) is 4.65. The van der Waals surface area contributed by atoms with Crippen molar-refractivity contribution in [3.8, 4) is 11.5 Å². The molecule has 1 aliphatic carbocycles. The van der Waals surface area contributed by atoms with Crippen LogP contribution >= 0.6 is 0 Å². The van der Waals surface area contributed by atoms with Crippen LogP contribution in [0.5, 0.6) is 11.5 Å². The monoisotopic (exact) mass is 479 g/mol. The molecule has 2 fully saturated rings. The van der Waals surface area contributed by atoms with Gasteiger partial charge in [-0.2, -0.15) is 4.98 Å². The Balaban J connectivity index is 1.27. The van der Waals surface area contributed by atoms with Crippen molar-refractivity contribution in [3.63, 3.8) is 0 Å². The molecule has 3 aromatic rings. The van der Waals surface area contributed by atoms with Gasteiger partial charge in [-0.1, -0.05) is 0 Å². The first-order valence-electron chi connectivity index (χ1n) is 12.2. The quantitative estimate of drug-likeness (QED) is 0.544. The van der Waals surface area contributed by atoms with Crippen LogP contribution in [0.4, 0.5) is 17.5 Å². The summed E-state index contributed by atoms with van der Waals surface area (Å²) in [7, 11) is 5.49. The number of ether oxygens (including phenoxy) is 3. The van der Waals surface area contributed by atoms with E-state index in [2.05, 4.69) is 42.3 Å². The van der Waals surface area contributed by atoms with Gasteiger partial charge in [0.05, 0.1) is 38.1 Å². The molecule has 35 heavy (non-hydrogen) atoms. The maximum Gasteiger partial charge on any atom is 0.226 e. The maximum atomic E-state index is 6.55. The standard InChI is InChI=1S/C25H33N7O3/c1-31(2)25-28-16-22(33-3)24(30-25)29-17-4-6-19(7-5-17)35-21-15-18(32-10-12-34-13-11-32)14-20-23(21)27-9-8-26-20/h8-9,14-17,19H,4-7,10-13H2,1-3H3,(H,28,29,30)/t17-,19+. The molecule has 1 aromatic carbocycles. The number of anilines is 3. The van der Waals surface area contributed by atoms with Crippen molar-refractivity contribution in [1.29, 1.82) is 0 Å². The molecule has 2 aromatic heterocycles. The lowest BCUT2D eigenvalue weighted by Crippen LogP contribution is -2.36. The topological polar surface area (TPSA) is 97.8 Å². The van der Waals surface area contributed by atoms with Gasteiger partial charge in [-0.15, -0.1) is 0 Å². The van der Waals surface area contributed by atoms with Gasteiger partial charge in [0.2, 0.25) is 5.95 Å². The summed E-state index contributed by atoms with van der Waals surface area (Å²) >= 11 is 0. The number of nitrogens with one attached hydrogen (secondary N) is 1. The summed E-state index contributed by atoms with van der Waals surface area (Å²) in [5.74, 6) is 2.84. The van der Waals surface area contributed by atoms with Crippen molar-refractivity contribution in [2.75, 3.05) is 62.6 Å². The van der Waals surface area contributed by atoms with Crippen molar-refractivity contribution in [1.82, 2.24) is 19.9 Å². The zero-order chi connectivity index (χ0) is 24.2. The van der Waals surface area contributed by atoms with Crippen LogP contribution in [0.1, 0.15) is 25.7 Å². The smallest absolute Gasteiger partial charge is 0.226 e. The van der Waals surface area contributed by atoms with E-state index in [9.17, 15) is 0 Å². The van der Waals surface area contributed by atoms with Crippen molar-refractivity contribution in [3.05, 3.63) is 30.7 Å². The molecule has 186 valence electrons. The summed E-state index contributed by atoms with van der Waals surface area (Å²) in [6.45, 7) is 3.20. The number of aromatic nitrogens is 4. The van der Waals surface area contributed by atoms with E-state index in [1.807, 2.05) is 19.0 Å². The van der Waals surface area contributed by atoms with Gasteiger partial charge in [-0.05, 0) is 31.7 Å². The second kappa shape index (κ2) is 10.5. The molecule has 10 heteroatoms. The second-order valence-corrected chi connectivity index (χ2v) is 9.18. The van der Waals surface area contributed by atoms with Crippen LogP contribution in [0, 0.1) is 0 Å². The van der Waals surface area contributed by atoms with E-state index in [0.717, 1.165) is 80.3 Å². The first-order valence-corrected chi connectivity index (χ1v) is 12.2. The number of methoxy groups -OCH3 is 1. The first-order chi connectivity index (χ1) is 17.1. The van der Waals surface area contributed by atoms with E-state index in [1.54, 1.807) is 25.7 Å². The van der Waals surface area contributed by atoms with Gasteiger partial charge in [0.1, 0.15) is 11.3 Å². The fraction of sp³-hybridized carbons (Fsp3) is 0.520. The lowest BCUT2D eigenvalue weighted by atomic mass is 9.93. The van der Waals surface area contributed by atoms with Crippen LogP contribution in [-0.2, 0) is 4.74 Å². The predicted molar refractivity (Wildman–Crippen MR) is 136 cm³/mol. The van der Waals surface area contributed by atoms with E-state index in [0.29, 0.717) is 17.7 Å². The Morgan fingerprint density at radius 1 is 1.00 bits per heavy atom. The van der Waals surface area contributed by atoms with Crippen LogP contribution in [0.25, 0.3) is 11.0 Å². The molecule has 5 rings (SSSR count). The highest BCUT2D eigenvalue weighted by Crippen LogP contribution is 2.34. The maximum absolute atomic E-state index is 6.55. The highest BCUT2D eigenvalue weighted by atomic mass is 16.5. The Bertz CT molecular complexity index is 1150. The summed E-state index contributed by atoms with van der Waals surface area (Å²) in [4.78, 5) is 22.3. The van der Waals surface area contributed by atoms with Crippen LogP contribution in [0.3, 0.4) is 0 Å². The summed E-state index contributed by atoms with van der Waals surface area (Å²) in [6.07, 6.45) is 9.13. The Labute approximate surface area is 205 Å². The van der Waals surface area contributed by atoms with Gasteiger partial charge < -0.3 is 29.3 Å². The van der Waals surface area contributed by atoms with Gasteiger partial charge in [0.25, 0.3) is 0 Å². The van der Waals surface area contributed by atoms with Crippen molar-refractivity contribution in [2.45, 2.75) is 37.8 Å². The third kappa shape index (κ3) is 5.32. The van der Waals surface area contributed by atoms with Gasteiger partial charge in [-0.3, -0.25) is 4.98 Å². The highest BCUT2D eigenvalue weighted by molar-refractivity contribution is 5.85. The molecule has 0 spiro atoms. The number of morpholine rings is 1. The molecule has 1 N–H and O–H groups in total. The predicted octanol–water partition coefficient (Wildman–Crippen LogP) is 3.13. The normalized spacial score (nSPS) is 20.5. The Morgan fingerprint density at radius 3 is 2.51 bits per heavy atom. The molecule has 0 amide bonds. The van der Waals surface area contributed by atoms with Crippen molar-refractivity contribution in [2.24, 2.45) is 0 Å². The number of hydrogen-bond acceptors (Lipinski definition) is 10. The minimum Gasteiger partial charge on any atom is -0.491 e. The summed E-state index contributed by atoms with van der Waals surface area (Å²) in [5, 5.41) is 3.56. The van der Waals surface area contributed by atoms with E-state index in [4.69, 9.17) is 14.2 Å². The fourth-order valence-corrected chi connectivity index (χ4v) is 4.65. The summed E-state index contributed by atoms with van der Waals surface area (Å²) in [5.41, 5.74) is 2.78. The van der Waals surface area contributed by atoms with Crippen LogP contribution in [0.2, 0.25) is 0 Å². The third-order valence-electron chi connectivity index (χ3n) is 6.57. The molecule has 3 heterocycles. The molecule has 1 saturated carbocycles. The van der Waals surface area contributed by atoms with Crippen molar-refractivity contribution < 1.29 is 14.2 Å². The van der Waals surface area contributed by atoms with Crippen LogP contribution in [-0.4, -0.2) is 79.6 Å². The van der Waals surface area contributed by atoms with Crippen LogP contribution < -0.4 is 24.6 Å². The average Bonchev–Trinajstić information content (AvgIpc) is 2.90. The van der Waals surface area contributed by atoms with E-state index in [1.165, 1.54) is 0 Å². The molecule has 10 nitrogen and oxygen atoms in total. The largest absolute Gasteiger partial charge is 0.491 e. The SMILES string of the molecule is COc1cnc(N(C)C)nc1N[C@H]1CC[C@@H](Oc2cc(N3CCOCC3)cc3nccnc23)CC1. The third-order valence-corrected chi connectivity index (χ3v) is 6.57. The lowest BCUT2D eigenvalue weighted by molar-refractivity contribution is 0.122. The Morgan fingerprint density at radius 2 is 1.77 bits per heavy atom. The summed E-state index contributed by atoms with van der Waals surface area (Å²) < 4.78 is 17.5. The van der Waals surface area contributed by atoms with Gasteiger partial charge in [0, 0.05) is 57.4 Å². The minimum atomic E-state index is 0.128. The van der Waals surface area contributed by atoms with E-state index >= 15 is 0 Å². The molecule has 1 aliphatic heterocycles. The number of rotatable bonds is 7. The molecule has 0 unspecified atom stereocenters. The van der Waals surface area contributed by atoms with Gasteiger partial charge >= 0.3 is 0 Å². The van der Waals surface area contributed by atoms with Crippen molar-refractivity contribution >= 4 is 28.5 Å². The molecule has 0 radical (unpaired) electrons. The number of nitrogens with zero attached hydrogens (tertiary/aromatic N) is 6. The average molecular weight is 480 g/mol. The number of hydrogen-bond donors (Lipinski definition) is 1. The summed E-state index contributed by atoms with van der Waals surface area (Å²) in [6, 6.07) is 4.50. The second-order valence-electron chi connectivity index (χ2n) is 9.18. The lowest BCUT2D eigenvalue weighted by Gasteiger charge is -2.32. The molecule has 0 bridgehead atoms. The van der Waals surface area contributed by atoms with Gasteiger partial charge in [-0.25, -0.2) is 9.97 Å². The first kappa shape index (κ1) is 23.3.